The molecule has 0 spiro atoms. The Kier molecular flexibility index (Phi) is 5.71. The second kappa shape index (κ2) is 9.14. The molecular formula is C27H31N5O2. The minimum atomic E-state index is -0.0334. The molecule has 3 atom stereocenters. The van der Waals surface area contributed by atoms with Gasteiger partial charge in [-0.2, -0.15) is 0 Å². The zero-order valence-corrected chi connectivity index (χ0v) is 19.3. The van der Waals surface area contributed by atoms with E-state index in [9.17, 15) is 4.79 Å². The number of rotatable bonds is 2. The molecule has 1 saturated heterocycles. The van der Waals surface area contributed by atoms with Crippen molar-refractivity contribution in [1.29, 1.82) is 0 Å². The average molecular weight is 458 g/mol. The molecular weight excluding hydrogens is 426 g/mol. The van der Waals surface area contributed by atoms with Crippen molar-refractivity contribution in [2.45, 2.75) is 31.6 Å². The molecule has 3 aromatic rings. The van der Waals surface area contributed by atoms with E-state index in [0.29, 0.717) is 24.6 Å². The van der Waals surface area contributed by atoms with Crippen molar-refractivity contribution < 1.29 is 9.53 Å². The van der Waals surface area contributed by atoms with E-state index in [1.54, 1.807) is 12.4 Å². The van der Waals surface area contributed by atoms with Crippen LogP contribution in [0.2, 0.25) is 0 Å². The largest absolute Gasteiger partial charge is 0.491 e. The van der Waals surface area contributed by atoms with Crippen molar-refractivity contribution in [2.75, 3.05) is 38.1 Å². The van der Waals surface area contributed by atoms with Crippen LogP contribution in [0.4, 0.5) is 11.4 Å². The van der Waals surface area contributed by atoms with Gasteiger partial charge in [-0.15, -0.1) is 0 Å². The third kappa shape index (κ3) is 4.05. The number of hydrogen-bond donors (Lipinski definition) is 3. The Bertz CT molecular complexity index is 1180. The molecule has 7 nitrogen and oxygen atoms in total. The fourth-order valence-electron chi connectivity index (χ4n) is 5.59. The van der Waals surface area contributed by atoms with Crippen molar-refractivity contribution in [3.63, 3.8) is 0 Å². The summed E-state index contributed by atoms with van der Waals surface area (Å²) in [6.45, 7) is 4.74. The summed E-state index contributed by atoms with van der Waals surface area (Å²) in [6, 6.07) is 12.0. The molecule has 0 radical (unpaired) electrons. The standard InChI is InChI=1S/C27H31N5O2/c33-27-23-24-19(14-29-27)6-4-5-12-32-13-10-18(16-32)17-34-22-15-28-11-9-21(22)25(31-24)26(23)30-20-7-2-1-3-8-20/h1-3,7-9,11,15,18-19,30-31H,4-6,10,12-14,16-17H2,(H,29,33)/t18-,19+/m1/s1. The molecule has 1 unspecified atom stereocenters. The summed E-state index contributed by atoms with van der Waals surface area (Å²) in [5.74, 6) is 1.52. The van der Waals surface area contributed by atoms with Crippen molar-refractivity contribution in [2.24, 2.45) is 5.92 Å². The van der Waals surface area contributed by atoms with Crippen molar-refractivity contribution in [3.8, 4) is 17.0 Å². The molecule has 1 amide bonds. The Hall–Kier alpha value is -3.32. The van der Waals surface area contributed by atoms with Gasteiger partial charge in [0.2, 0.25) is 0 Å². The predicted molar refractivity (Wildman–Crippen MR) is 133 cm³/mol. The first-order chi connectivity index (χ1) is 16.8. The second-order valence-corrected chi connectivity index (χ2v) is 9.70. The van der Waals surface area contributed by atoms with Gasteiger partial charge in [0, 0.05) is 48.1 Å². The maximum Gasteiger partial charge on any atom is 0.255 e. The van der Waals surface area contributed by atoms with Crippen LogP contribution in [0.3, 0.4) is 0 Å². The number of hydrogen-bond acceptors (Lipinski definition) is 5. The number of H-pyrrole nitrogens is 1. The molecule has 176 valence electrons. The highest BCUT2D eigenvalue weighted by molar-refractivity contribution is 6.06. The summed E-state index contributed by atoms with van der Waals surface area (Å²) in [5.41, 5.74) is 5.30. The van der Waals surface area contributed by atoms with Gasteiger partial charge in [-0.05, 0) is 50.6 Å². The van der Waals surface area contributed by atoms with E-state index in [4.69, 9.17) is 4.74 Å². The topological polar surface area (TPSA) is 82.3 Å². The molecule has 0 saturated carbocycles. The minimum absolute atomic E-state index is 0.0334. The van der Waals surface area contributed by atoms with Gasteiger partial charge in [0.05, 0.1) is 29.7 Å². The molecule has 5 heterocycles. The number of ether oxygens (including phenoxy) is 1. The summed E-state index contributed by atoms with van der Waals surface area (Å²) in [5, 5.41) is 6.69. The normalized spacial score (nSPS) is 24.2. The molecule has 1 fully saturated rings. The SMILES string of the molecule is O=C1NC[C@@H]2CCCCN3CC[C@@H](COc4cnccc4-c4[nH]c2c1c4Nc1ccccc1)C3. The number of aromatic nitrogens is 2. The first kappa shape index (κ1) is 21.2. The maximum atomic E-state index is 13.2. The molecule has 3 N–H and O–H groups in total. The van der Waals surface area contributed by atoms with E-state index in [-0.39, 0.29) is 11.8 Å². The van der Waals surface area contributed by atoms with Crippen LogP contribution in [0.1, 0.15) is 47.7 Å². The summed E-state index contributed by atoms with van der Waals surface area (Å²) < 4.78 is 6.37. The zero-order chi connectivity index (χ0) is 22.9. The van der Waals surface area contributed by atoms with Gasteiger partial charge in [0.1, 0.15) is 5.75 Å². The lowest BCUT2D eigenvalue weighted by Gasteiger charge is -2.24. The number of benzene rings is 1. The number of anilines is 2. The summed E-state index contributed by atoms with van der Waals surface area (Å²) in [4.78, 5) is 23.7. The van der Waals surface area contributed by atoms with Crippen LogP contribution in [-0.4, -0.2) is 53.6 Å². The molecule has 7 heteroatoms. The van der Waals surface area contributed by atoms with Crippen molar-refractivity contribution in [1.82, 2.24) is 20.2 Å². The average Bonchev–Trinajstić information content (AvgIpc) is 3.47. The molecule has 3 aliphatic heterocycles. The van der Waals surface area contributed by atoms with Crippen molar-refractivity contribution in [3.05, 3.63) is 60.0 Å². The van der Waals surface area contributed by atoms with E-state index < -0.39 is 0 Å². The van der Waals surface area contributed by atoms with Gasteiger partial charge in [0.25, 0.3) is 5.91 Å². The quantitative estimate of drug-likeness (QED) is 0.527. The second-order valence-electron chi connectivity index (χ2n) is 9.70. The Morgan fingerprint density at radius 1 is 1.09 bits per heavy atom. The fraction of sp³-hybridized carbons (Fsp3) is 0.407. The smallest absolute Gasteiger partial charge is 0.255 e. The molecule has 6 rings (SSSR count). The van der Waals surface area contributed by atoms with Gasteiger partial charge in [-0.25, -0.2) is 0 Å². The van der Waals surface area contributed by atoms with E-state index in [1.807, 2.05) is 36.4 Å². The number of carbonyl (C=O) groups excluding carboxylic acids is 1. The zero-order valence-electron chi connectivity index (χ0n) is 19.3. The number of amides is 1. The maximum absolute atomic E-state index is 13.2. The molecule has 1 aromatic carbocycles. The molecule has 0 aliphatic carbocycles. The Morgan fingerprint density at radius 2 is 2.00 bits per heavy atom. The predicted octanol–water partition coefficient (Wildman–Crippen LogP) is 4.53. The number of pyridine rings is 1. The van der Waals surface area contributed by atoms with Crippen molar-refractivity contribution >= 4 is 17.3 Å². The molecule has 3 aliphatic rings. The van der Waals surface area contributed by atoms with Gasteiger partial charge >= 0.3 is 0 Å². The minimum Gasteiger partial charge on any atom is -0.491 e. The van der Waals surface area contributed by atoms with Gasteiger partial charge in [-0.3, -0.25) is 9.78 Å². The van der Waals surface area contributed by atoms with Crippen LogP contribution in [0, 0.1) is 5.92 Å². The van der Waals surface area contributed by atoms with Crippen LogP contribution in [0.5, 0.6) is 5.75 Å². The number of nitrogens with one attached hydrogen (secondary N) is 3. The molecule has 4 bridgehead atoms. The van der Waals surface area contributed by atoms with Crippen LogP contribution >= 0.6 is 0 Å². The lowest BCUT2D eigenvalue weighted by Crippen LogP contribution is -2.35. The highest BCUT2D eigenvalue weighted by Gasteiger charge is 2.33. The third-order valence-corrected chi connectivity index (χ3v) is 7.39. The highest BCUT2D eigenvalue weighted by Crippen LogP contribution is 2.43. The van der Waals surface area contributed by atoms with E-state index in [2.05, 4.69) is 25.5 Å². The number of aromatic amines is 1. The molecule has 34 heavy (non-hydrogen) atoms. The first-order valence-electron chi connectivity index (χ1n) is 12.4. The van der Waals surface area contributed by atoms with Crippen LogP contribution in [-0.2, 0) is 0 Å². The van der Waals surface area contributed by atoms with E-state index in [1.165, 1.54) is 12.8 Å². The van der Waals surface area contributed by atoms with Crippen LogP contribution in [0.15, 0.2) is 48.8 Å². The van der Waals surface area contributed by atoms with Gasteiger partial charge in [-0.1, -0.05) is 24.6 Å². The number of fused-ring (bicyclic) bond motifs is 5. The Balaban J connectivity index is 1.47. The Morgan fingerprint density at radius 3 is 2.91 bits per heavy atom. The number of para-hydroxylation sites is 1. The van der Waals surface area contributed by atoms with Gasteiger partial charge in [0.15, 0.2) is 0 Å². The number of nitrogens with zero attached hydrogens (tertiary/aromatic N) is 2. The monoisotopic (exact) mass is 457 g/mol. The fourth-order valence-corrected chi connectivity index (χ4v) is 5.59. The lowest BCUT2D eigenvalue weighted by molar-refractivity contribution is 0.0939. The first-order valence-corrected chi connectivity index (χ1v) is 12.4. The lowest BCUT2D eigenvalue weighted by atomic mass is 9.91. The van der Waals surface area contributed by atoms with E-state index in [0.717, 1.165) is 66.6 Å². The molecule has 2 aromatic heterocycles. The van der Waals surface area contributed by atoms with Crippen LogP contribution in [0.25, 0.3) is 11.3 Å². The van der Waals surface area contributed by atoms with Crippen LogP contribution < -0.4 is 15.4 Å². The summed E-state index contributed by atoms with van der Waals surface area (Å²) in [7, 11) is 0. The summed E-state index contributed by atoms with van der Waals surface area (Å²) >= 11 is 0. The number of carbonyl (C=O) groups is 1. The summed E-state index contributed by atoms with van der Waals surface area (Å²) in [6.07, 6.45) is 8.14. The highest BCUT2D eigenvalue weighted by atomic mass is 16.5. The third-order valence-electron chi connectivity index (χ3n) is 7.39. The van der Waals surface area contributed by atoms with Gasteiger partial charge < -0.3 is 25.3 Å². The Labute approximate surface area is 199 Å². The van der Waals surface area contributed by atoms with E-state index >= 15 is 0 Å².